The van der Waals surface area contributed by atoms with Gasteiger partial charge in [0.1, 0.15) is 22.9 Å². The van der Waals surface area contributed by atoms with Crippen LogP contribution in [0.4, 0.5) is 11.4 Å². The molecule has 1 aliphatic rings. The molecule has 35 heavy (non-hydrogen) atoms. The quantitative estimate of drug-likeness (QED) is 0.237. The van der Waals surface area contributed by atoms with Gasteiger partial charge in [-0.15, -0.1) is 0 Å². The summed E-state index contributed by atoms with van der Waals surface area (Å²) in [6.45, 7) is 1.92. The SMILES string of the molecule is Cc1ccc([S+]([O-])Nc2cc(Oc3ccc(O)cc3)c(N)c3c2C(=O)c2ccccc2C3=O)cc1. The van der Waals surface area contributed by atoms with E-state index in [1.165, 1.54) is 30.3 Å². The first kappa shape index (κ1) is 22.5. The number of phenolic OH excluding ortho intramolecular Hbond substituents is 1. The fourth-order valence-electron chi connectivity index (χ4n) is 3.92. The lowest BCUT2D eigenvalue weighted by Crippen LogP contribution is -2.25. The van der Waals surface area contributed by atoms with Crippen LogP contribution in [-0.2, 0) is 11.4 Å². The predicted molar refractivity (Wildman–Crippen MR) is 134 cm³/mol. The summed E-state index contributed by atoms with van der Waals surface area (Å²) in [6, 6.07) is 21.0. The summed E-state index contributed by atoms with van der Waals surface area (Å²) in [6.07, 6.45) is 0. The molecule has 4 N–H and O–H groups in total. The van der Waals surface area contributed by atoms with Crippen LogP contribution in [0.2, 0.25) is 0 Å². The van der Waals surface area contributed by atoms with Crippen molar-refractivity contribution in [2.45, 2.75) is 11.8 Å². The Hall–Kier alpha value is -4.27. The molecule has 4 aromatic carbocycles. The highest BCUT2D eigenvalue weighted by molar-refractivity contribution is 7.92. The van der Waals surface area contributed by atoms with E-state index in [9.17, 15) is 19.2 Å². The number of hydrogen-bond acceptors (Lipinski definition) is 7. The number of carbonyl (C=O) groups is 2. The lowest BCUT2D eigenvalue weighted by Gasteiger charge is -2.24. The summed E-state index contributed by atoms with van der Waals surface area (Å²) < 4.78 is 21.9. The number of ketones is 2. The summed E-state index contributed by atoms with van der Waals surface area (Å²) >= 11 is -1.73. The van der Waals surface area contributed by atoms with Gasteiger partial charge in [0.15, 0.2) is 22.2 Å². The van der Waals surface area contributed by atoms with Crippen molar-refractivity contribution in [3.05, 3.63) is 107 Å². The highest BCUT2D eigenvalue weighted by Gasteiger charge is 2.36. The van der Waals surface area contributed by atoms with E-state index in [-0.39, 0.29) is 45.1 Å². The summed E-state index contributed by atoms with van der Waals surface area (Å²) in [4.78, 5) is 27.4. The van der Waals surface area contributed by atoms with Crippen molar-refractivity contribution in [3.8, 4) is 17.2 Å². The van der Waals surface area contributed by atoms with Crippen LogP contribution in [0.3, 0.4) is 0 Å². The fourth-order valence-corrected chi connectivity index (χ4v) is 4.78. The third-order valence-corrected chi connectivity index (χ3v) is 6.81. The molecule has 1 atom stereocenters. The van der Waals surface area contributed by atoms with Gasteiger partial charge in [-0.05, 0) is 43.3 Å². The highest BCUT2D eigenvalue weighted by Crippen LogP contribution is 2.42. The zero-order chi connectivity index (χ0) is 24.7. The molecule has 8 heteroatoms. The number of nitrogen functional groups attached to an aromatic ring is 1. The Balaban J connectivity index is 1.65. The topological polar surface area (TPSA) is 125 Å². The third kappa shape index (κ3) is 4.09. The Morgan fingerprint density at radius 2 is 1.49 bits per heavy atom. The maximum atomic E-state index is 13.5. The predicted octanol–water partition coefficient (Wildman–Crippen LogP) is 4.99. The smallest absolute Gasteiger partial charge is 0.196 e. The molecule has 0 heterocycles. The molecule has 0 saturated carbocycles. The van der Waals surface area contributed by atoms with Crippen LogP contribution in [0.5, 0.6) is 17.2 Å². The average molecular weight is 485 g/mol. The van der Waals surface area contributed by atoms with Crippen molar-refractivity contribution >= 4 is 34.3 Å². The maximum Gasteiger partial charge on any atom is 0.196 e. The number of rotatable bonds is 5. The fraction of sp³-hybridized carbons (Fsp3) is 0.0370. The number of hydrogen-bond donors (Lipinski definition) is 3. The second kappa shape index (κ2) is 8.83. The van der Waals surface area contributed by atoms with Crippen LogP contribution in [0.1, 0.15) is 37.4 Å². The van der Waals surface area contributed by atoms with E-state index in [2.05, 4.69) is 4.72 Å². The van der Waals surface area contributed by atoms with E-state index in [0.717, 1.165) is 5.56 Å². The van der Waals surface area contributed by atoms with Gasteiger partial charge in [0.2, 0.25) is 0 Å². The summed E-state index contributed by atoms with van der Waals surface area (Å²) in [5.74, 6) is -0.299. The Morgan fingerprint density at radius 1 is 0.886 bits per heavy atom. The second-order valence-electron chi connectivity index (χ2n) is 8.07. The minimum absolute atomic E-state index is 0.00613. The van der Waals surface area contributed by atoms with Gasteiger partial charge in [-0.25, -0.2) is 4.72 Å². The number of phenols is 1. The molecule has 174 valence electrons. The molecule has 0 amide bonds. The number of benzene rings is 4. The Kier molecular flexibility index (Phi) is 5.68. The van der Waals surface area contributed by atoms with E-state index in [4.69, 9.17) is 10.5 Å². The molecule has 1 unspecified atom stereocenters. The molecular formula is C27H20N2O5S. The Morgan fingerprint density at radius 3 is 2.11 bits per heavy atom. The molecule has 0 aromatic heterocycles. The van der Waals surface area contributed by atoms with Crippen molar-refractivity contribution in [1.29, 1.82) is 0 Å². The van der Waals surface area contributed by atoms with Crippen molar-refractivity contribution in [2.24, 2.45) is 0 Å². The monoisotopic (exact) mass is 484 g/mol. The number of ether oxygens (including phenoxy) is 1. The van der Waals surface area contributed by atoms with Crippen LogP contribution >= 0.6 is 0 Å². The Bertz CT molecular complexity index is 1470. The standard InChI is InChI=1S/C27H20N2O5S/c1-15-6-12-18(13-7-15)35(33)29-21-14-22(34-17-10-8-16(30)9-11-17)25(28)24-23(21)26(31)19-4-2-3-5-20(19)27(24)32/h2-14,29-30H,28H2,1H3. The molecule has 0 fully saturated rings. The van der Waals surface area contributed by atoms with Gasteiger partial charge in [-0.2, -0.15) is 0 Å². The normalized spacial score (nSPS) is 13.1. The van der Waals surface area contributed by atoms with Crippen LogP contribution in [0, 0.1) is 6.92 Å². The first-order valence-electron chi connectivity index (χ1n) is 10.7. The van der Waals surface area contributed by atoms with E-state index >= 15 is 0 Å². The van der Waals surface area contributed by atoms with Crippen LogP contribution in [-0.4, -0.2) is 21.2 Å². The number of anilines is 2. The third-order valence-electron chi connectivity index (χ3n) is 5.70. The van der Waals surface area contributed by atoms with Crippen molar-refractivity contribution in [2.75, 3.05) is 10.5 Å². The molecule has 0 radical (unpaired) electrons. The molecule has 4 aromatic rings. The van der Waals surface area contributed by atoms with Gasteiger partial charge in [-0.1, -0.05) is 42.0 Å². The highest BCUT2D eigenvalue weighted by atomic mass is 32.2. The van der Waals surface area contributed by atoms with Gasteiger partial charge in [0, 0.05) is 17.2 Å². The molecule has 0 spiro atoms. The van der Waals surface area contributed by atoms with Crippen LogP contribution < -0.4 is 15.2 Å². The van der Waals surface area contributed by atoms with Crippen LogP contribution in [0.25, 0.3) is 0 Å². The van der Waals surface area contributed by atoms with Crippen molar-refractivity contribution in [1.82, 2.24) is 0 Å². The lowest BCUT2D eigenvalue weighted by molar-refractivity contribution is 0.0980. The molecule has 5 rings (SSSR count). The number of nitrogens with one attached hydrogen (secondary N) is 1. The first-order chi connectivity index (χ1) is 16.8. The van der Waals surface area contributed by atoms with Gasteiger partial charge in [-0.3, -0.25) is 9.59 Å². The summed E-state index contributed by atoms with van der Waals surface area (Å²) in [5.41, 5.74) is 8.07. The zero-order valence-electron chi connectivity index (χ0n) is 18.6. The van der Waals surface area contributed by atoms with Gasteiger partial charge in [0.05, 0.1) is 22.5 Å². The van der Waals surface area contributed by atoms with E-state index in [1.54, 1.807) is 36.4 Å². The molecule has 0 aliphatic heterocycles. The zero-order valence-corrected chi connectivity index (χ0v) is 19.4. The molecule has 1 aliphatic carbocycles. The largest absolute Gasteiger partial charge is 0.588 e. The summed E-state index contributed by atoms with van der Waals surface area (Å²) in [5, 5.41) is 9.55. The van der Waals surface area contributed by atoms with E-state index < -0.39 is 22.9 Å². The lowest BCUT2D eigenvalue weighted by atomic mass is 9.82. The Labute approximate surface area is 204 Å². The van der Waals surface area contributed by atoms with Crippen LogP contribution in [0.15, 0.2) is 83.8 Å². The number of aryl methyl sites for hydroxylation is 1. The number of fused-ring (bicyclic) bond motifs is 2. The minimum Gasteiger partial charge on any atom is -0.588 e. The first-order valence-corrected chi connectivity index (χ1v) is 11.9. The minimum atomic E-state index is -1.73. The maximum absolute atomic E-state index is 13.5. The number of carbonyl (C=O) groups excluding carboxylic acids is 2. The van der Waals surface area contributed by atoms with E-state index in [1.807, 2.05) is 19.1 Å². The second-order valence-corrected chi connectivity index (χ2v) is 9.28. The molecule has 0 saturated heterocycles. The molecule has 7 nitrogen and oxygen atoms in total. The number of aromatic hydroxyl groups is 1. The molecular weight excluding hydrogens is 464 g/mol. The van der Waals surface area contributed by atoms with Crippen molar-refractivity contribution in [3.63, 3.8) is 0 Å². The van der Waals surface area contributed by atoms with E-state index in [0.29, 0.717) is 10.6 Å². The average Bonchev–Trinajstić information content (AvgIpc) is 2.86. The van der Waals surface area contributed by atoms with Gasteiger partial charge in [0.25, 0.3) is 0 Å². The van der Waals surface area contributed by atoms with Crippen molar-refractivity contribution < 1.29 is 24.0 Å². The summed E-state index contributed by atoms with van der Waals surface area (Å²) in [7, 11) is 0. The van der Waals surface area contributed by atoms with Gasteiger partial charge >= 0.3 is 0 Å². The number of nitrogens with two attached hydrogens (primary N) is 1. The molecule has 0 bridgehead atoms. The van der Waals surface area contributed by atoms with Gasteiger partial charge < -0.3 is 20.1 Å².